The molecule has 1 aromatic heterocycles. The van der Waals surface area contributed by atoms with E-state index in [1.54, 1.807) is 18.3 Å². The second-order valence-electron chi connectivity index (χ2n) is 4.16. The highest BCUT2D eigenvalue weighted by Crippen LogP contribution is 2.34. The summed E-state index contributed by atoms with van der Waals surface area (Å²) in [5.74, 6) is -0.0750. The van der Waals surface area contributed by atoms with Crippen molar-refractivity contribution in [3.05, 3.63) is 48.3 Å². The van der Waals surface area contributed by atoms with E-state index in [0.29, 0.717) is 5.69 Å². The zero-order chi connectivity index (χ0) is 13.2. The molecule has 2 aromatic rings. The lowest BCUT2D eigenvalue weighted by atomic mass is 10.1. The quantitative estimate of drug-likeness (QED) is 0.840. The van der Waals surface area contributed by atoms with Crippen LogP contribution in [0.4, 0.5) is 17.1 Å². The van der Waals surface area contributed by atoms with E-state index in [0.717, 1.165) is 17.1 Å². The van der Waals surface area contributed by atoms with E-state index in [-0.39, 0.29) is 12.5 Å². The Labute approximate surface area is 110 Å². The molecule has 0 fully saturated rings. The Morgan fingerprint density at radius 2 is 2.16 bits per heavy atom. The standard InChI is InChI=1S/C14H10N4O/c15-8-10-7-11(5-6-16-10)18-9-14(19)17-12-3-1-2-4-13(12)18/h1-7H,9H2,(H,17,19). The van der Waals surface area contributed by atoms with Gasteiger partial charge < -0.3 is 10.2 Å². The van der Waals surface area contributed by atoms with Crippen molar-refractivity contribution in [3.63, 3.8) is 0 Å². The lowest BCUT2D eigenvalue weighted by Gasteiger charge is -2.30. The average Bonchev–Trinajstić information content (AvgIpc) is 2.46. The average molecular weight is 250 g/mol. The van der Waals surface area contributed by atoms with Crippen molar-refractivity contribution in [2.24, 2.45) is 0 Å². The molecule has 2 heterocycles. The van der Waals surface area contributed by atoms with Gasteiger partial charge in [-0.15, -0.1) is 0 Å². The predicted octanol–water partition coefficient (Wildman–Crippen LogP) is 2.04. The molecule has 0 saturated carbocycles. The summed E-state index contributed by atoms with van der Waals surface area (Å²) in [5, 5.41) is 11.7. The van der Waals surface area contributed by atoms with Crippen molar-refractivity contribution in [1.29, 1.82) is 5.26 Å². The first kappa shape index (κ1) is 11.2. The Bertz CT molecular complexity index is 690. The van der Waals surface area contributed by atoms with Crippen molar-refractivity contribution in [3.8, 4) is 6.07 Å². The van der Waals surface area contributed by atoms with E-state index < -0.39 is 0 Å². The number of carbonyl (C=O) groups is 1. The molecule has 0 saturated heterocycles. The number of carbonyl (C=O) groups excluding carboxylic acids is 1. The van der Waals surface area contributed by atoms with Gasteiger partial charge in [0.25, 0.3) is 0 Å². The molecule has 3 rings (SSSR count). The molecule has 1 amide bonds. The summed E-state index contributed by atoms with van der Waals surface area (Å²) < 4.78 is 0. The van der Waals surface area contributed by atoms with Crippen LogP contribution in [-0.4, -0.2) is 17.4 Å². The highest BCUT2D eigenvalue weighted by Gasteiger charge is 2.22. The minimum absolute atomic E-state index is 0.0750. The van der Waals surface area contributed by atoms with Gasteiger partial charge in [-0.25, -0.2) is 4.98 Å². The number of benzene rings is 1. The van der Waals surface area contributed by atoms with Gasteiger partial charge in [-0.05, 0) is 24.3 Å². The molecule has 1 aromatic carbocycles. The molecule has 92 valence electrons. The van der Waals surface area contributed by atoms with Crippen LogP contribution in [-0.2, 0) is 4.79 Å². The molecule has 0 radical (unpaired) electrons. The maximum Gasteiger partial charge on any atom is 0.244 e. The summed E-state index contributed by atoms with van der Waals surface area (Å²) in [7, 11) is 0. The first-order valence-electron chi connectivity index (χ1n) is 5.80. The third-order valence-electron chi connectivity index (χ3n) is 2.94. The summed E-state index contributed by atoms with van der Waals surface area (Å²) in [6.45, 7) is 0.228. The molecule has 1 N–H and O–H groups in total. The fourth-order valence-electron chi connectivity index (χ4n) is 2.11. The van der Waals surface area contributed by atoms with Crippen LogP contribution in [0.25, 0.3) is 0 Å². The Morgan fingerprint density at radius 1 is 1.32 bits per heavy atom. The number of nitrogens with one attached hydrogen (secondary N) is 1. The Kier molecular flexibility index (Phi) is 2.62. The van der Waals surface area contributed by atoms with Gasteiger partial charge >= 0.3 is 0 Å². The van der Waals surface area contributed by atoms with Crippen LogP contribution in [0.1, 0.15) is 5.69 Å². The van der Waals surface area contributed by atoms with E-state index in [1.165, 1.54) is 0 Å². The second-order valence-corrected chi connectivity index (χ2v) is 4.16. The summed E-state index contributed by atoms with van der Waals surface area (Å²) in [5.41, 5.74) is 2.81. The summed E-state index contributed by atoms with van der Waals surface area (Å²) in [4.78, 5) is 17.5. The highest BCUT2D eigenvalue weighted by molar-refractivity contribution is 6.03. The zero-order valence-corrected chi connectivity index (χ0v) is 10.00. The van der Waals surface area contributed by atoms with E-state index in [9.17, 15) is 4.79 Å². The summed E-state index contributed by atoms with van der Waals surface area (Å²) >= 11 is 0. The lowest BCUT2D eigenvalue weighted by Crippen LogP contribution is -2.35. The predicted molar refractivity (Wildman–Crippen MR) is 71.0 cm³/mol. The SMILES string of the molecule is N#Cc1cc(N2CC(=O)Nc3ccccc32)ccn1. The number of anilines is 3. The topological polar surface area (TPSA) is 69.0 Å². The third-order valence-corrected chi connectivity index (χ3v) is 2.94. The van der Waals surface area contributed by atoms with Crippen LogP contribution in [0.2, 0.25) is 0 Å². The maximum absolute atomic E-state index is 11.7. The Balaban J connectivity index is 2.10. The number of nitriles is 1. The zero-order valence-electron chi connectivity index (χ0n) is 10.00. The smallest absolute Gasteiger partial charge is 0.244 e. The number of pyridine rings is 1. The first-order valence-corrected chi connectivity index (χ1v) is 5.80. The van der Waals surface area contributed by atoms with Crippen molar-refractivity contribution >= 4 is 23.0 Å². The molecule has 0 aliphatic carbocycles. The number of hydrogen-bond donors (Lipinski definition) is 1. The molecule has 1 aliphatic heterocycles. The molecule has 19 heavy (non-hydrogen) atoms. The number of nitrogens with zero attached hydrogens (tertiary/aromatic N) is 3. The van der Waals surface area contributed by atoms with Gasteiger partial charge in [0.05, 0.1) is 11.4 Å². The van der Waals surface area contributed by atoms with E-state index >= 15 is 0 Å². The Morgan fingerprint density at radius 3 is 3.00 bits per heavy atom. The highest BCUT2D eigenvalue weighted by atomic mass is 16.2. The molecular formula is C14H10N4O. The largest absolute Gasteiger partial charge is 0.330 e. The van der Waals surface area contributed by atoms with Gasteiger partial charge in [0.2, 0.25) is 5.91 Å². The summed E-state index contributed by atoms with van der Waals surface area (Å²) in [6, 6.07) is 13.0. The number of amides is 1. The van der Waals surface area contributed by atoms with Crippen LogP contribution < -0.4 is 10.2 Å². The number of hydrogen-bond acceptors (Lipinski definition) is 4. The van der Waals surface area contributed by atoms with Crippen LogP contribution in [0, 0.1) is 11.3 Å². The maximum atomic E-state index is 11.7. The van der Waals surface area contributed by atoms with Gasteiger partial charge in [-0.3, -0.25) is 4.79 Å². The lowest BCUT2D eigenvalue weighted by molar-refractivity contribution is -0.115. The molecule has 0 atom stereocenters. The second kappa shape index (κ2) is 4.42. The van der Waals surface area contributed by atoms with Gasteiger partial charge in [-0.1, -0.05) is 12.1 Å². The van der Waals surface area contributed by atoms with Crippen molar-refractivity contribution in [2.45, 2.75) is 0 Å². The summed E-state index contributed by atoms with van der Waals surface area (Å²) in [6.07, 6.45) is 1.57. The van der Waals surface area contributed by atoms with Crippen molar-refractivity contribution in [1.82, 2.24) is 4.98 Å². The molecular weight excluding hydrogens is 240 g/mol. The number of rotatable bonds is 1. The van der Waals surface area contributed by atoms with Crippen molar-refractivity contribution in [2.75, 3.05) is 16.8 Å². The fraction of sp³-hybridized carbons (Fsp3) is 0.0714. The molecule has 5 nitrogen and oxygen atoms in total. The molecule has 5 heteroatoms. The van der Waals surface area contributed by atoms with E-state index in [1.807, 2.05) is 35.2 Å². The van der Waals surface area contributed by atoms with Crippen LogP contribution in [0.15, 0.2) is 42.6 Å². The molecule has 0 bridgehead atoms. The van der Waals surface area contributed by atoms with Crippen LogP contribution >= 0.6 is 0 Å². The van der Waals surface area contributed by atoms with Crippen LogP contribution in [0.5, 0.6) is 0 Å². The van der Waals surface area contributed by atoms with E-state index in [2.05, 4.69) is 10.3 Å². The first-order chi connectivity index (χ1) is 9.28. The third kappa shape index (κ3) is 2.00. The minimum Gasteiger partial charge on any atom is -0.330 e. The van der Waals surface area contributed by atoms with Gasteiger partial charge in [0, 0.05) is 11.9 Å². The Hall–Kier alpha value is -2.87. The van der Waals surface area contributed by atoms with E-state index in [4.69, 9.17) is 5.26 Å². The van der Waals surface area contributed by atoms with Crippen molar-refractivity contribution < 1.29 is 4.79 Å². The molecule has 0 unspecified atom stereocenters. The molecule has 0 spiro atoms. The number of para-hydroxylation sites is 2. The number of fused-ring (bicyclic) bond motifs is 1. The fourth-order valence-corrected chi connectivity index (χ4v) is 2.11. The van der Waals surface area contributed by atoms with Gasteiger partial charge in [0.1, 0.15) is 18.3 Å². The normalized spacial score (nSPS) is 13.4. The van der Waals surface area contributed by atoms with Gasteiger partial charge in [-0.2, -0.15) is 5.26 Å². The van der Waals surface area contributed by atoms with Crippen LogP contribution in [0.3, 0.4) is 0 Å². The van der Waals surface area contributed by atoms with Gasteiger partial charge in [0.15, 0.2) is 0 Å². The minimum atomic E-state index is -0.0750. The molecule has 1 aliphatic rings. The monoisotopic (exact) mass is 250 g/mol. The number of aromatic nitrogens is 1.